The van der Waals surface area contributed by atoms with Crippen LogP contribution >= 0.6 is 0 Å². The molecule has 1 aliphatic rings. The SMILES string of the molecule is CCCn1c(=O)c2c(nc3n2[C@@H](C)C(C)=NN3CC(C)C)n(C)c1=O. The number of hydrogen-bond acceptors (Lipinski definition) is 5. The van der Waals surface area contributed by atoms with E-state index >= 15 is 0 Å². The molecule has 136 valence electrons. The highest BCUT2D eigenvalue weighted by atomic mass is 16.2. The molecule has 0 saturated heterocycles. The monoisotopic (exact) mass is 346 g/mol. The number of hydrogen-bond donors (Lipinski definition) is 0. The Bertz CT molecular complexity index is 962. The minimum atomic E-state index is -0.324. The van der Waals surface area contributed by atoms with Crippen molar-refractivity contribution in [3.8, 4) is 0 Å². The van der Waals surface area contributed by atoms with E-state index in [1.165, 1.54) is 9.13 Å². The van der Waals surface area contributed by atoms with Crippen LogP contribution in [-0.2, 0) is 13.6 Å². The molecular formula is C17H26N6O2. The molecular weight excluding hydrogens is 320 g/mol. The van der Waals surface area contributed by atoms with Crippen LogP contribution in [0.2, 0.25) is 0 Å². The van der Waals surface area contributed by atoms with Crippen molar-refractivity contribution in [3.05, 3.63) is 20.8 Å². The van der Waals surface area contributed by atoms with Gasteiger partial charge in [-0.1, -0.05) is 20.8 Å². The third kappa shape index (κ3) is 2.60. The average molecular weight is 346 g/mol. The van der Waals surface area contributed by atoms with Crippen LogP contribution in [0.5, 0.6) is 0 Å². The van der Waals surface area contributed by atoms with E-state index in [9.17, 15) is 9.59 Å². The van der Waals surface area contributed by atoms with E-state index in [4.69, 9.17) is 0 Å². The van der Waals surface area contributed by atoms with Crippen LogP contribution in [-0.4, -0.2) is 30.9 Å². The summed E-state index contributed by atoms with van der Waals surface area (Å²) < 4.78 is 4.69. The Morgan fingerprint density at radius 2 is 1.92 bits per heavy atom. The molecule has 1 atom stereocenters. The van der Waals surface area contributed by atoms with Crippen LogP contribution < -0.4 is 16.3 Å². The van der Waals surface area contributed by atoms with E-state index in [1.54, 1.807) is 7.05 Å². The van der Waals surface area contributed by atoms with Gasteiger partial charge in [0, 0.05) is 20.1 Å². The Labute approximate surface area is 146 Å². The molecule has 3 heterocycles. The molecule has 0 bridgehead atoms. The minimum Gasteiger partial charge on any atom is -0.294 e. The lowest BCUT2D eigenvalue weighted by atomic mass is 10.2. The first-order valence-electron chi connectivity index (χ1n) is 8.82. The molecule has 0 spiro atoms. The highest BCUT2D eigenvalue weighted by Crippen LogP contribution is 2.30. The van der Waals surface area contributed by atoms with E-state index < -0.39 is 0 Å². The van der Waals surface area contributed by atoms with Gasteiger partial charge >= 0.3 is 5.69 Å². The lowest BCUT2D eigenvalue weighted by molar-refractivity contribution is 0.568. The van der Waals surface area contributed by atoms with Crippen molar-refractivity contribution in [1.82, 2.24) is 18.7 Å². The molecule has 2 aromatic heterocycles. The molecule has 8 nitrogen and oxygen atoms in total. The Hall–Kier alpha value is -2.38. The number of rotatable bonds is 4. The van der Waals surface area contributed by atoms with Gasteiger partial charge in [-0.25, -0.2) is 9.80 Å². The predicted molar refractivity (Wildman–Crippen MR) is 99.5 cm³/mol. The minimum absolute atomic E-state index is 0.0799. The first kappa shape index (κ1) is 17.4. The summed E-state index contributed by atoms with van der Waals surface area (Å²) in [5.41, 5.74) is 1.21. The van der Waals surface area contributed by atoms with E-state index in [-0.39, 0.29) is 17.3 Å². The molecule has 0 radical (unpaired) electrons. The van der Waals surface area contributed by atoms with Crippen LogP contribution in [0.1, 0.15) is 47.1 Å². The van der Waals surface area contributed by atoms with Gasteiger partial charge in [-0.05, 0) is 26.2 Å². The van der Waals surface area contributed by atoms with Gasteiger partial charge in [0.1, 0.15) is 0 Å². The Morgan fingerprint density at radius 1 is 1.24 bits per heavy atom. The molecule has 8 heteroatoms. The second kappa shape index (κ2) is 6.16. The lowest BCUT2D eigenvalue weighted by Gasteiger charge is -2.30. The van der Waals surface area contributed by atoms with Gasteiger partial charge in [0.05, 0.1) is 11.8 Å². The normalized spacial score (nSPS) is 17.3. The summed E-state index contributed by atoms with van der Waals surface area (Å²) in [6.45, 7) is 11.2. The number of fused-ring (bicyclic) bond motifs is 3. The summed E-state index contributed by atoms with van der Waals surface area (Å²) in [7, 11) is 1.67. The fraction of sp³-hybridized carbons (Fsp3) is 0.647. The highest BCUT2D eigenvalue weighted by molar-refractivity contribution is 5.91. The summed E-state index contributed by atoms with van der Waals surface area (Å²) in [4.78, 5) is 30.2. The van der Waals surface area contributed by atoms with Crippen molar-refractivity contribution < 1.29 is 0 Å². The van der Waals surface area contributed by atoms with Gasteiger partial charge in [-0.15, -0.1) is 0 Å². The maximum absolute atomic E-state index is 13.0. The van der Waals surface area contributed by atoms with Gasteiger partial charge in [0.15, 0.2) is 11.2 Å². The predicted octanol–water partition coefficient (Wildman–Crippen LogP) is 1.72. The van der Waals surface area contributed by atoms with E-state index in [1.807, 2.05) is 30.3 Å². The number of imidazole rings is 1. The molecule has 0 saturated carbocycles. The van der Waals surface area contributed by atoms with Crippen LogP contribution in [0.4, 0.5) is 5.95 Å². The second-order valence-electron chi connectivity index (χ2n) is 7.15. The summed E-state index contributed by atoms with van der Waals surface area (Å²) in [5.74, 6) is 1.02. The molecule has 25 heavy (non-hydrogen) atoms. The summed E-state index contributed by atoms with van der Waals surface area (Å²) in [5, 5.41) is 6.49. The smallest absolute Gasteiger partial charge is 0.294 e. The Kier molecular flexibility index (Phi) is 4.30. The molecule has 0 aliphatic carbocycles. The number of hydrazone groups is 1. The molecule has 3 rings (SSSR count). The van der Waals surface area contributed by atoms with Gasteiger partial charge in [-0.2, -0.15) is 10.1 Å². The molecule has 0 amide bonds. The maximum Gasteiger partial charge on any atom is 0.332 e. The number of nitrogens with zero attached hydrogens (tertiary/aromatic N) is 6. The largest absolute Gasteiger partial charge is 0.332 e. The summed E-state index contributed by atoms with van der Waals surface area (Å²) in [6.07, 6.45) is 0.719. The summed E-state index contributed by atoms with van der Waals surface area (Å²) in [6, 6.07) is -0.0799. The standard InChI is InChI=1S/C17H26N6O2/c1-7-8-21-15(24)13-14(20(6)17(21)25)18-16-22(9-10(2)3)19-11(4)12(5)23(13)16/h10,12H,7-9H2,1-6H3/t12-/m0/s1. The zero-order valence-electron chi connectivity index (χ0n) is 15.8. The molecule has 0 fully saturated rings. The van der Waals surface area contributed by atoms with Crippen molar-refractivity contribution >= 4 is 22.8 Å². The van der Waals surface area contributed by atoms with Crippen molar-refractivity contribution in [2.75, 3.05) is 11.6 Å². The maximum atomic E-state index is 13.0. The Morgan fingerprint density at radius 3 is 2.52 bits per heavy atom. The van der Waals surface area contributed by atoms with Crippen molar-refractivity contribution in [2.45, 2.75) is 53.6 Å². The summed E-state index contributed by atoms with van der Waals surface area (Å²) >= 11 is 0. The third-order valence-corrected chi connectivity index (χ3v) is 4.64. The second-order valence-corrected chi connectivity index (χ2v) is 7.15. The van der Waals surface area contributed by atoms with Crippen molar-refractivity contribution in [1.29, 1.82) is 0 Å². The Balaban J connectivity index is 2.38. The number of aromatic nitrogens is 4. The molecule has 1 aliphatic heterocycles. The van der Waals surface area contributed by atoms with Gasteiger partial charge in [-0.3, -0.25) is 18.5 Å². The number of aryl methyl sites for hydroxylation is 1. The van der Waals surface area contributed by atoms with Crippen LogP contribution in [0, 0.1) is 5.92 Å². The zero-order chi connectivity index (χ0) is 18.5. The average Bonchev–Trinajstić information content (AvgIpc) is 2.95. The molecule has 2 aromatic rings. The molecule has 0 unspecified atom stereocenters. The number of anilines is 1. The first-order valence-corrected chi connectivity index (χ1v) is 8.82. The molecule has 0 aromatic carbocycles. The quantitative estimate of drug-likeness (QED) is 0.844. The van der Waals surface area contributed by atoms with Crippen molar-refractivity contribution in [3.63, 3.8) is 0 Å². The fourth-order valence-corrected chi connectivity index (χ4v) is 3.27. The van der Waals surface area contributed by atoms with Gasteiger partial charge in [0.2, 0.25) is 5.95 Å². The molecule has 0 N–H and O–H groups in total. The van der Waals surface area contributed by atoms with E-state index in [2.05, 4.69) is 23.9 Å². The van der Waals surface area contributed by atoms with Crippen molar-refractivity contribution in [2.24, 2.45) is 18.1 Å². The van der Waals surface area contributed by atoms with Gasteiger partial charge in [0.25, 0.3) is 5.56 Å². The van der Waals surface area contributed by atoms with E-state index in [0.29, 0.717) is 36.1 Å². The topological polar surface area (TPSA) is 77.4 Å². The lowest BCUT2D eigenvalue weighted by Crippen LogP contribution is -2.40. The fourth-order valence-electron chi connectivity index (χ4n) is 3.27. The first-order chi connectivity index (χ1) is 11.8. The highest BCUT2D eigenvalue weighted by Gasteiger charge is 2.30. The van der Waals surface area contributed by atoms with Crippen LogP contribution in [0.3, 0.4) is 0 Å². The van der Waals surface area contributed by atoms with E-state index in [0.717, 1.165) is 12.1 Å². The van der Waals surface area contributed by atoms with Crippen LogP contribution in [0.15, 0.2) is 14.7 Å². The van der Waals surface area contributed by atoms with Gasteiger partial charge < -0.3 is 0 Å². The third-order valence-electron chi connectivity index (χ3n) is 4.64. The van der Waals surface area contributed by atoms with Crippen LogP contribution in [0.25, 0.3) is 11.2 Å². The zero-order valence-corrected chi connectivity index (χ0v) is 15.8.